The van der Waals surface area contributed by atoms with Gasteiger partial charge in [0.25, 0.3) is 10.0 Å². The lowest BCUT2D eigenvalue weighted by atomic mass is 10.2. The van der Waals surface area contributed by atoms with Gasteiger partial charge >= 0.3 is 0 Å². The maximum Gasteiger partial charge on any atom is 0.262 e. The minimum Gasteiger partial charge on any atom is -0.392 e. The molecule has 21 heavy (non-hydrogen) atoms. The Morgan fingerprint density at radius 3 is 2.24 bits per heavy atom. The standard InChI is InChI=1S/C15H18N2O3S/c1-17(2)14-9-7-13(8-10-14)16-21(19,20)15-6-4-3-5-12(15)11-18/h3-10,16,18H,11H2,1-2H3. The van der Waals surface area contributed by atoms with Crippen molar-refractivity contribution in [2.45, 2.75) is 11.5 Å². The number of aliphatic hydroxyl groups excluding tert-OH is 1. The lowest BCUT2D eigenvalue weighted by molar-refractivity contribution is 0.278. The number of sulfonamides is 1. The Morgan fingerprint density at radius 1 is 1.05 bits per heavy atom. The second-order valence-corrected chi connectivity index (χ2v) is 6.46. The van der Waals surface area contributed by atoms with Gasteiger partial charge in [0.05, 0.1) is 11.5 Å². The van der Waals surface area contributed by atoms with E-state index >= 15 is 0 Å². The highest BCUT2D eigenvalue weighted by molar-refractivity contribution is 7.92. The van der Waals surface area contributed by atoms with Crippen molar-refractivity contribution in [1.29, 1.82) is 0 Å². The zero-order valence-electron chi connectivity index (χ0n) is 11.9. The third-order valence-corrected chi connectivity index (χ3v) is 4.55. The second-order valence-electron chi connectivity index (χ2n) is 4.81. The molecule has 5 nitrogen and oxygen atoms in total. The van der Waals surface area contributed by atoms with E-state index in [-0.39, 0.29) is 11.5 Å². The topological polar surface area (TPSA) is 69.6 Å². The lowest BCUT2D eigenvalue weighted by Crippen LogP contribution is -2.15. The van der Waals surface area contributed by atoms with Gasteiger partial charge in [0.2, 0.25) is 0 Å². The maximum atomic E-state index is 12.4. The van der Waals surface area contributed by atoms with E-state index in [9.17, 15) is 13.5 Å². The Hall–Kier alpha value is -2.05. The number of hydrogen-bond donors (Lipinski definition) is 2. The highest BCUT2D eigenvalue weighted by Crippen LogP contribution is 2.21. The predicted octanol–water partition coefficient (Wildman–Crippen LogP) is 2.05. The lowest BCUT2D eigenvalue weighted by Gasteiger charge is -2.14. The molecule has 0 aliphatic rings. The fraction of sp³-hybridized carbons (Fsp3) is 0.200. The molecule has 2 aromatic rings. The van der Waals surface area contributed by atoms with Gasteiger partial charge in [0, 0.05) is 25.5 Å². The van der Waals surface area contributed by atoms with Gasteiger partial charge in [-0.05, 0) is 35.9 Å². The molecule has 6 heteroatoms. The van der Waals surface area contributed by atoms with Crippen molar-refractivity contribution in [3.05, 3.63) is 54.1 Å². The molecule has 0 aromatic heterocycles. The van der Waals surface area contributed by atoms with Crippen molar-refractivity contribution >= 4 is 21.4 Å². The summed E-state index contributed by atoms with van der Waals surface area (Å²) in [5.74, 6) is 0. The van der Waals surface area contributed by atoms with Gasteiger partial charge in [0.1, 0.15) is 0 Å². The van der Waals surface area contributed by atoms with E-state index in [1.807, 2.05) is 31.1 Å². The molecule has 2 rings (SSSR count). The predicted molar refractivity (Wildman–Crippen MR) is 83.9 cm³/mol. The molecule has 0 saturated heterocycles. The van der Waals surface area contributed by atoms with Crippen LogP contribution in [0, 0.1) is 0 Å². The number of rotatable bonds is 5. The third-order valence-electron chi connectivity index (χ3n) is 3.07. The highest BCUT2D eigenvalue weighted by Gasteiger charge is 2.17. The van der Waals surface area contributed by atoms with Gasteiger partial charge in [-0.1, -0.05) is 18.2 Å². The Kier molecular flexibility index (Phi) is 4.50. The molecular formula is C15H18N2O3S. The Morgan fingerprint density at radius 2 is 1.67 bits per heavy atom. The summed E-state index contributed by atoms with van der Waals surface area (Å²) in [6.45, 7) is -0.323. The van der Waals surface area contributed by atoms with Crippen LogP contribution in [0.1, 0.15) is 5.56 Å². The Balaban J connectivity index is 2.29. The maximum absolute atomic E-state index is 12.4. The van der Waals surface area contributed by atoms with Crippen LogP contribution in [0.15, 0.2) is 53.4 Å². The molecule has 0 atom stereocenters. The van der Waals surface area contributed by atoms with Crippen LogP contribution < -0.4 is 9.62 Å². The van der Waals surface area contributed by atoms with Gasteiger partial charge in [-0.3, -0.25) is 4.72 Å². The van der Waals surface area contributed by atoms with Crippen molar-refractivity contribution in [2.24, 2.45) is 0 Å². The normalized spacial score (nSPS) is 11.2. The molecule has 0 saturated carbocycles. The van der Waals surface area contributed by atoms with Gasteiger partial charge in [-0.25, -0.2) is 8.42 Å². The van der Waals surface area contributed by atoms with Gasteiger partial charge < -0.3 is 10.0 Å². The first kappa shape index (κ1) is 15.3. The average molecular weight is 306 g/mol. The SMILES string of the molecule is CN(C)c1ccc(NS(=O)(=O)c2ccccc2CO)cc1. The van der Waals surface area contributed by atoms with Crippen molar-refractivity contribution in [3.63, 3.8) is 0 Å². The van der Waals surface area contributed by atoms with E-state index in [0.717, 1.165) is 5.69 Å². The van der Waals surface area contributed by atoms with Crippen molar-refractivity contribution in [2.75, 3.05) is 23.7 Å². The monoisotopic (exact) mass is 306 g/mol. The Labute approximate surface area is 124 Å². The van der Waals surface area contributed by atoms with Crippen LogP contribution in [0.5, 0.6) is 0 Å². The first-order valence-corrected chi connectivity index (χ1v) is 7.91. The smallest absolute Gasteiger partial charge is 0.262 e. The number of benzene rings is 2. The van der Waals surface area contributed by atoms with E-state index in [4.69, 9.17) is 0 Å². The van der Waals surface area contributed by atoms with Crippen LogP contribution in [-0.2, 0) is 16.6 Å². The Bertz CT molecular complexity index is 710. The van der Waals surface area contributed by atoms with Crippen LogP contribution in [0.25, 0.3) is 0 Å². The summed E-state index contributed by atoms with van der Waals surface area (Å²) in [6.07, 6.45) is 0. The van der Waals surface area contributed by atoms with Gasteiger partial charge in [0.15, 0.2) is 0 Å². The van der Waals surface area contributed by atoms with E-state index in [1.165, 1.54) is 6.07 Å². The molecule has 0 amide bonds. The average Bonchev–Trinajstić information content (AvgIpc) is 2.47. The summed E-state index contributed by atoms with van der Waals surface area (Å²) in [7, 11) is 0.114. The van der Waals surface area contributed by atoms with Crippen molar-refractivity contribution in [3.8, 4) is 0 Å². The first-order valence-electron chi connectivity index (χ1n) is 6.43. The first-order chi connectivity index (χ1) is 9.94. The zero-order chi connectivity index (χ0) is 15.5. The molecule has 0 unspecified atom stereocenters. The fourth-order valence-corrected chi connectivity index (χ4v) is 3.23. The largest absolute Gasteiger partial charge is 0.392 e. The minimum absolute atomic E-state index is 0.0872. The zero-order valence-corrected chi connectivity index (χ0v) is 12.8. The van der Waals surface area contributed by atoms with Crippen molar-refractivity contribution < 1.29 is 13.5 Å². The molecule has 0 spiro atoms. The van der Waals surface area contributed by atoms with Crippen LogP contribution in [-0.4, -0.2) is 27.6 Å². The number of anilines is 2. The van der Waals surface area contributed by atoms with Crippen LogP contribution in [0.2, 0.25) is 0 Å². The quantitative estimate of drug-likeness (QED) is 0.887. The highest BCUT2D eigenvalue weighted by atomic mass is 32.2. The molecule has 0 bridgehead atoms. The number of aliphatic hydroxyl groups is 1. The molecule has 0 aliphatic carbocycles. The summed E-state index contributed by atoms with van der Waals surface area (Å²) in [6, 6.07) is 13.4. The molecule has 0 heterocycles. The fourth-order valence-electron chi connectivity index (χ4n) is 1.93. The summed E-state index contributed by atoms with van der Waals surface area (Å²) >= 11 is 0. The molecule has 0 fully saturated rings. The van der Waals surface area contributed by atoms with E-state index in [1.54, 1.807) is 30.3 Å². The minimum atomic E-state index is -3.71. The molecule has 0 radical (unpaired) electrons. The van der Waals surface area contributed by atoms with E-state index in [0.29, 0.717) is 11.3 Å². The van der Waals surface area contributed by atoms with E-state index in [2.05, 4.69) is 4.72 Å². The third kappa shape index (κ3) is 3.53. The summed E-state index contributed by atoms with van der Waals surface area (Å²) < 4.78 is 27.3. The van der Waals surface area contributed by atoms with Gasteiger partial charge in [-0.15, -0.1) is 0 Å². The van der Waals surface area contributed by atoms with Crippen molar-refractivity contribution in [1.82, 2.24) is 0 Å². The molecule has 2 N–H and O–H groups in total. The van der Waals surface area contributed by atoms with Crippen LogP contribution in [0.3, 0.4) is 0 Å². The summed E-state index contributed by atoms with van der Waals surface area (Å²) in [4.78, 5) is 2.02. The number of hydrogen-bond acceptors (Lipinski definition) is 4. The summed E-state index contributed by atoms with van der Waals surface area (Å²) in [5, 5.41) is 9.25. The second kappa shape index (κ2) is 6.15. The number of nitrogens with one attached hydrogen (secondary N) is 1. The van der Waals surface area contributed by atoms with Crippen LogP contribution >= 0.6 is 0 Å². The van der Waals surface area contributed by atoms with Gasteiger partial charge in [-0.2, -0.15) is 0 Å². The number of nitrogens with zero attached hydrogens (tertiary/aromatic N) is 1. The summed E-state index contributed by atoms with van der Waals surface area (Å²) in [5.41, 5.74) is 1.83. The molecule has 0 aliphatic heterocycles. The molecular weight excluding hydrogens is 288 g/mol. The molecule has 112 valence electrons. The van der Waals surface area contributed by atoms with Crippen LogP contribution in [0.4, 0.5) is 11.4 Å². The molecule has 2 aromatic carbocycles. The van der Waals surface area contributed by atoms with E-state index < -0.39 is 10.0 Å².